The lowest BCUT2D eigenvalue weighted by Crippen LogP contribution is -2.06. The summed E-state index contributed by atoms with van der Waals surface area (Å²) in [5, 5.41) is 9.00. The van der Waals surface area contributed by atoms with E-state index in [1.807, 2.05) is 0 Å². The molecule has 0 radical (unpaired) electrons. The molecule has 0 amide bonds. The van der Waals surface area contributed by atoms with E-state index >= 15 is 0 Å². The largest absolute Gasteiger partial charge is 0.478 e. The molecule has 5 nitrogen and oxygen atoms in total. The summed E-state index contributed by atoms with van der Waals surface area (Å²) in [6.45, 7) is 1.43. The Hall–Kier alpha value is -2.43. The van der Waals surface area contributed by atoms with Crippen molar-refractivity contribution in [2.45, 2.75) is 6.92 Å². The zero-order valence-electron chi connectivity index (χ0n) is 8.89. The van der Waals surface area contributed by atoms with Crippen LogP contribution in [0.25, 0.3) is 5.57 Å². The van der Waals surface area contributed by atoms with Crippen LogP contribution in [0.1, 0.15) is 22.8 Å². The molecule has 0 saturated heterocycles. The number of benzene rings is 1. The van der Waals surface area contributed by atoms with Gasteiger partial charge in [0.05, 0.1) is 11.1 Å². The summed E-state index contributed by atoms with van der Waals surface area (Å²) < 4.78 is 4.43. The Morgan fingerprint density at radius 1 is 1.18 bits per heavy atom. The van der Waals surface area contributed by atoms with Gasteiger partial charge in [-0.15, -0.1) is 0 Å². The Morgan fingerprint density at radius 3 is 2.35 bits per heavy atom. The lowest BCUT2D eigenvalue weighted by molar-refractivity contribution is -0.150. The first-order valence-corrected chi connectivity index (χ1v) is 4.82. The second-order valence-corrected chi connectivity index (χ2v) is 3.53. The van der Waals surface area contributed by atoms with Gasteiger partial charge in [0.2, 0.25) is 0 Å². The monoisotopic (exact) mass is 232 g/mol. The molecule has 1 aromatic rings. The third kappa shape index (κ3) is 1.71. The molecule has 0 spiro atoms. The van der Waals surface area contributed by atoms with Crippen LogP contribution in [0, 0.1) is 0 Å². The van der Waals surface area contributed by atoms with E-state index in [-0.39, 0.29) is 22.3 Å². The van der Waals surface area contributed by atoms with Gasteiger partial charge in [0, 0.05) is 11.1 Å². The summed E-state index contributed by atoms with van der Waals surface area (Å²) in [5.41, 5.74) is 0.318. The van der Waals surface area contributed by atoms with Crippen LogP contribution in [-0.4, -0.2) is 23.0 Å². The van der Waals surface area contributed by atoms with Crippen molar-refractivity contribution in [1.82, 2.24) is 0 Å². The Bertz CT molecular complexity index is 568. The summed E-state index contributed by atoms with van der Waals surface area (Å²) in [7, 11) is 0. The number of carboxylic acids is 1. The number of esters is 2. The highest BCUT2D eigenvalue weighted by Gasteiger charge is 2.32. The summed E-state index contributed by atoms with van der Waals surface area (Å²) in [6.07, 6.45) is 0. The van der Waals surface area contributed by atoms with Gasteiger partial charge in [-0.1, -0.05) is 18.2 Å². The fraction of sp³-hybridized carbons (Fsp3) is 0.0833. The van der Waals surface area contributed by atoms with E-state index in [2.05, 4.69) is 4.74 Å². The molecular weight excluding hydrogens is 224 g/mol. The molecule has 17 heavy (non-hydrogen) atoms. The standard InChI is InChI=1S/C12H8O5/c1-6-9(12(16)17-11(6)15)7-4-2-3-5-8(7)10(13)14/h2-5H,1H3,(H,13,14). The fourth-order valence-corrected chi connectivity index (χ4v) is 1.67. The molecule has 0 unspecified atom stereocenters. The molecule has 0 aromatic heterocycles. The molecule has 0 fully saturated rings. The topological polar surface area (TPSA) is 80.7 Å². The normalized spacial score (nSPS) is 15.1. The Kier molecular flexibility index (Phi) is 2.51. The van der Waals surface area contributed by atoms with Gasteiger partial charge < -0.3 is 9.84 Å². The molecule has 1 heterocycles. The van der Waals surface area contributed by atoms with Crippen molar-refractivity contribution >= 4 is 23.5 Å². The van der Waals surface area contributed by atoms with Crippen LogP contribution in [0.5, 0.6) is 0 Å². The Balaban J connectivity index is 2.66. The van der Waals surface area contributed by atoms with E-state index in [1.165, 1.54) is 19.1 Å². The molecule has 1 aliphatic heterocycles. The number of rotatable bonds is 2. The van der Waals surface area contributed by atoms with Crippen molar-refractivity contribution in [2.24, 2.45) is 0 Å². The third-order valence-electron chi connectivity index (χ3n) is 2.50. The summed E-state index contributed by atoms with van der Waals surface area (Å²) in [4.78, 5) is 33.7. The second-order valence-electron chi connectivity index (χ2n) is 3.53. The van der Waals surface area contributed by atoms with Crippen molar-refractivity contribution in [1.29, 1.82) is 0 Å². The van der Waals surface area contributed by atoms with Crippen LogP contribution in [0.2, 0.25) is 0 Å². The minimum absolute atomic E-state index is 0.0213. The van der Waals surface area contributed by atoms with Crippen molar-refractivity contribution in [3.63, 3.8) is 0 Å². The van der Waals surface area contributed by atoms with E-state index in [4.69, 9.17) is 5.11 Å². The Morgan fingerprint density at radius 2 is 1.82 bits per heavy atom. The van der Waals surface area contributed by atoms with Crippen molar-refractivity contribution < 1.29 is 24.2 Å². The van der Waals surface area contributed by atoms with Gasteiger partial charge in [-0.3, -0.25) is 0 Å². The van der Waals surface area contributed by atoms with E-state index in [0.717, 1.165) is 0 Å². The molecular formula is C12H8O5. The second kappa shape index (κ2) is 3.86. The molecule has 1 N–H and O–H groups in total. The van der Waals surface area contributed by atoms with E-state index in [0.29, 0.717) is 0 Å². The lowest BCUT2D eigenvalue weighted by Gasteiger charge is -2.04. The van der Waals surface area contributed by atoms with Gasteiger partial charge in [0.25, 0.3) is 0 Å². The number of aromatic carboxylic acids is 1. The van der Waals surface area contributed by atoms with E-state index < -0.39 is 17.9 Å². The molecule has 1 aromatic carbocycles. The van der Waals surface area contributed by atoms with E-state index in [1.54, 1.807) is 12.1 Å². The van der Waals surface area contributed by atoms with E-state index in [9.17, 15) is 14.4 Å². The predicted octanol–water partition coefficient (Wildman–Crippen LogP) is 1.24. The van der Waals surface area contributed by atoms with Crippen molar-refractivity contribution in [3.8, 4) is 0 Å². The van der Waals surface area contributed by atoms with Gasteiger partial charge >= 0.3 is 17.9 Å². The van der Waals surface area contributed by atoms with Crippen LogP contribution in [0.4, 0.5) is 0 Å². The Labute approximate surface area is 96.3 Å². The number of ether oxygens (including phenoxy) is 1. The molecule has 0 saturated carbocycles. The highest BCUT2D eigenvalue weighted by Crippen LogP contribution is 2.29. The van der Waals surface area contributed by atoms with Crippen molar-refractivity contribution in [2.75, 3.05) is 0 Å². The maximum absolute atomic E-state index is 11.5. The number of carbonyl (C=O) groups is 3. The molecule has 1 aliphatic rings. The highest BCUT2D eigenvalue weighted by molar-refractivity contribution is 6.31. The number of hydrogen-bond acceptors (Lipinski definition) is 4. The maximum atomic E-state index is 11.5. The zero-order valence-corrected chi connectivity index (χ0v) is 8.89. The van der Waals surface area contributed by atoms with Crippen LogP contribution in [-0.2, 0) is 14.3 Å². The average Bonchev–Trinajstić information content (AvgIpc) is 2.53. The number of hydrogen-bond donors (Lipinski definition) is 1. The predicted molar refractivity (Wildman–Crippen MR) is 57.1 cm³/mol. The van der Waals surface area contributed by atoms with Gasteiger partial charge in [0.1, 0.15) is 0 Å². The van der Waals surface area contributed by atoms with Crippen molar-refractivity contribution in [3.05, 3.63) is 41.0 Å². The van der Waals surface area contributed by atoms with Gasteiger partial charge in [-0.25, -0.2) is 14.4 Å². The number of carbonyl (C=O) groups excluding carboxylic acids is 2. The first kappa shape index (κ1) is 11.1. The molecule has 86 valence electrons. The number of cyclic esters (lactones) is 2. The summed E-state index contributed by atoms with van der Waals surface area (Å²) >= 11 is 0. The first-order chi connectivity index (χ1) is 8.02. The highest BCUT2D eigenvalue weighted by atomic mass is 16.6. The third-order valence-corrected chi connectivity index (χ3v) is 2.50. The quantitative estimate of drug-likeness (QED) is 0.612. The zero-order chi connectivity index (χ0) is 12.6. The number of carboxylic acid groups (broad SMARTS) is 1. The summed E-state index contributed by atoms with van der Waals surface area (Å²) in [5.74, 6) is -2.69. The van der Waals surface area contributed by atoms with Crippen LogP contribution in [0.3, 0.4) is 0 Å². The fourth-order valence-electron chi connectivity index (χ4n) is 1.67. The molecule has 0 aliphatic carbocycles. The summed E-state index contributed by atoms with van der Waals surface area (Å²) in [6, 6.07) is 5.99. The smallest absolute Gasteiger partial charge is 0.347 e. The average molecular weight is 232 g/mol. The maximum Gasteiger partial charge on any atom is 0.347 e. The van der Waals surface area contributed by atoms with Gasteiger partial charge in [-0.2, -0.15) is 0 Å². The molecule has 0 atom stereocenters. The minimum atomic E-state index is -1.16. The minimum Gasteiger partial charge on any atom is -0.478 e. The lowest BCUT2D eigenvalue weighted by atomic mass is 9.97. The van der Waals surface area contributed by atoms with Gasteiger partial charge in [-0.05, 0) is 13.0 Å². The van der Waals surface area contributed by atoms with Crippen LogP contribution in [0.15, 0.2) is 29.8 Å². The first-order valence-electron chi connectivity index (χ1n) is 4.82. The molecule has 0 bridgehead atoms. The van der Waals surface area contributed by atoms with Gasteiger partial charge in [0.15, 0.2) is 0 Å². The molecule has 5 heteroatoms. The van der Waals surface area contributed by atoms with Crippen LogP contribution < -0.4 is 0 Å². The van der Waals surface area contributed by atoms with Crippen LogP contribution >= 0.6 is 0 Å². The molecule has 2 rings (SSSR count). The SMILES string of the molecule is CC1=C(c2ccccc2C(=O)O)C(=O)OC1=O.